The van der Waals surface area contributed by atoms with Crippen LogP contribution in [0.1, 0.15) is 37.9 Å². The molecule has 34 heavy (non-hydrogen) atoms. The fraction of sp³-hybridized carbons (Fsp3) is 0.409. The number of halogens is 1. The summed E-state index contributed by atoms with van der Waals surface area (Å²) in [6.45, 7) is 6.82. The average Bonchev–Trinajstić information content (AvgIpc) is 3.46. The van der Waals surface area contributed by atoms with Gasteiger partial charge in [-0.05, 0) is 39.3 Å². The van der Waals surface area contributed by atoms with E-state index in [0.717, 1.165) is 11.8 Å². The Labute approximate surface area is 196 Å². The number of hydrogen-bond acceptors (Lipinski definition) is 6. The van der Waals surface area contributed by atoms with Crippen molar-refractivity contribution in [3.63, 3.8) is 0 Å². The van der Waals surface area contributed by atoms with Crippen LogP contribution in [-0.4, -0.2) is 59.0 Å². The summed E-state index contributed by atoms with van der Waals surface area (Å²) >= 11 is 0. The molecule has 10 nitrogen and oxygen atoms in total. The highest BCUT2D eigenvalue weighted by Crippen LogP contribution is 2.31. The topological polar surface area (TPSA) is 133 Å². The van der Waals surface area contributed by atoms with Gasteiger partial charge in [-0.1, -0.05) is 6.07 Å². The smallest absolute Gasteiger partial charge is 0.410 e. The number of H-pyrrole nitrogens is 1. The lowest BCUT2D eigenvalue weighted by atomic mass is 10.1. The first-order valence-corrected chi connectivity index (χ1v) is 12.1. The number of amides is 1. The molecule has 1 aromatic carbocycles. The summed E-state index contributed by atoms with van der Waals surface area (Å²) < 4.78 is 49.8. The first kappa shape index (κ1) is 23.6. The molecular formula is C22H25FN6O4S. The van der Waals surface area contributed by atoms with Gasteiger partial charge in [-0.3, -0.25) is 9.40 Å². The molecular weight excluding hydrogens is 463 g/mol. The Bertz CT molecular complexity index is 1400. The van der Waals surface area contributed by atoms with Crippen molar-refractivity contribution < 1.29 is 22.3 Å². The van der Waals surface area contributed by atoms with E-state index < -0.39 is 33.9 Å². The van der Waals surface area contributed by atoms with Crippen molar-refractivity contribution >= 4 is 32.7 Å². The number of benzene rings is 1. The zero-order chi connectivity index (χ0) is 24.8. The van der Waals surface area contributed by atoms with Gasteiger partial charge in [0.05, 0.1) is 29.5 Å². The number of sulfonamides is 1. The summed E-state index contributed by atoms with van der Waals surface area (Å²) in [5.74, 6) is 0. The third-order valence-electron chi connectivity index (χ3n) is 5.51. The third kappa shape index (κ3) is 4.43. The number of carbonyl (C=O) groups is 1. The SMILES string of the molecule is Cc1ccc(NS(=O)(=O)c2cnn([C@H]3CN(C(=O)OC(C)(C)C)C[C@H]3F)c2)c2[nH]cc(C#N)c12. The van der Waals surface area contributed by atoms with E-state index in [1.807, 2.05) is 6.92 Å². The number of likely N-dealkylation sites (tertiary alicyclic amines) is 1. The molecule has 1 aliphatic rings. The Kier molecular flexibility index (Phi) is 5.77. The standard InChI is InChI=1S/C22H25FN6O4S/c1-13-5-6-17(20-19(13)14(7-24)8-25-20)27-34(31,32)15-9-26-29(10-15)18-12-28(11-16(18)23)21(30)33-22(2,3)4/h5-6,8-10,16,18,25,27H,11-12H2,1-4H3/t16-,18+/m1/s1. The van der Waals surface area contributed by atoms with Crippen LogP contribution in [0.5, 0.6) is 0 Å². The van der Waals surface area contributed by atoms with Gasteiger partial charge in [0, 0.05) is 24.3 Å². The van der Waals surface area contributed by atoms with Gasteiger partial charge < -0.3 is 14.6 Å². The minimum absolute atomic E-state index is 0.00265. The maximum atomic E-state index is 14.7. The number of nitrogens with one attached hydrogen (secondary N) is 2. The molecule has 0 radical (unpaired) electrons. The Morgan fingerprint density at radius 2 is 2.09 bits per heavy atom. The molecule has 2 atom stereocenters. The molecule has 3 aromatic rings. The number of alkyl halides is 1. The van der Waals surface area contributed by atoms with Gasteiger partial charge in [0.1, 0.15) is 28.8 Å². The Morgan fingerprint density at radius 1 is 1.35 bits per heavy atom. The van der Waals surface area contributed by atoms with Crippen LogP contribution < -0.4 is 4.72 Å². The largest absolute Gasteiger partial charge is 0.444 e. The zero-order valence-corrected chi connectivity index (χ0v) is 20.0. The lowest BCUT2D eigenvalue weighted by Gasteiger charge is -2.24. The summed E-state index contributed by atoms with van der Waals surface area (Å²) in [5.41, 5.74) is 1.28. The number of fused-ring (bicyclic) bond motifs is 1. The normalized spacial score (nSPS) is 18.8. The second-order valence-electron chi connectivity index (χ2n) is 9.22. The van der Waals surface area contributed by atoms with Crippen LogP contribution >= 0.6 is 0 Å². The first-order valence-electron chi connectivity index (χ1n) is 10.6. The highest BCUT2D eigenvalue weighted by atomic mass is 32.2. The van der Waals surface area contributed by atoms with Crippen LogP contribution in [0.3, 0.4) is 0 Å². The van der Waals surface area contributed by atoms with Crippen LogP contribution in [0.2, 0.25) is 0 Å². The van der Waals surface area contributed by atoms with Gasteiger partial charge in [-0.25, -0.2) is 17.6 Å². The van der Waals surface area contributed by atoms with E-state index in [-0.39, 0.29) is 23.7 Å². The predicted octanol–water partition coefficient (Wildman–Crippen LogP) is 3.48. The minimum atomic E-state index is -4.06. The average molecular weight is 489 g/mol. The Hall–Kier alpha value is -3.59. The summed E-state index contributed by atoms with van der Waals surface area (Å²) in [6, 6.07) is 4.56. The van der Waals surface area contributed by atoms with E-state index in [9.17, 15) is 22.9 Å². The van der Waals surface area contributed by atoms with Gasteiger partial charge in [-0.2, -0.15) is 10.4 Å². The highest BCUT2D eigenvalue weighted by Gasteiger charge is 2.39. The van der Waals surface area contributed by atoms with E-state index in [0.29, 0.717) is 16.5 Å². The molecule has 3 heterocycles. The molecule has 1 fully saturated rings. The van der Waals surface area contributed by atoms with Crippen molar-refractivity contribution in [3.05, 3.63) is 41.9 Å². The molecule has 1 saturated heterocycles. The Balaban J connectivity index is 1.55. The van der Waals surface area contributed by atoms with E-state index in [1.165, 1.54) is 22.0 Å². The number of nitrogens with zero attached hydrogens (tertiary/aromatic N) is 4. The van der Waals surface area contributed by atoms with E-state index in [4.69, 9.17) is 4.74 Å². The molecule has 0 spiro atoms. The molecule has 0 unspecified atom stereocenters. The summed E-state index contributed by atoms with van der Waals surface area (Å²) in [7, 11) is -4.06. The molecule has 1 aliphatic heterocycles. The second kappa shape index (κ2) is 8.32. The number of aromatic amines is 1. The van der Waals surface area contributed by atoms with Crippen molar-refractivity contribution in [2.45, 2.75) is 50.4 Å². The predicted molar refractivity (Wildman–Crippen MR) is 123 cm³/mol. The maximum absolute atomic E-state index is 14.7. The number of anilines is 1. The second-order valence-corrected chi connectivity index (χ2v) is 10.9. The molecule has 0 bridgehead atoms. The number of rotatable bonds is 4. The molecule has 0 aliphatic carbocycles. The molecule has 2 N–H and O–H groups in total. The fourth-order valence-corrected chi connectivity index (χ4v) is 4.92. The number of carbonyl (C=O) groups excluding carboxylic acids is 1. The van der Waals surface area contributed by atoms with Crippen LogP contribution in [0, 0.1) is 18.3 Å². The minimum Gasteiger partial charge on any atom is -0.444 e. The number of ether oxygens (including phenoxy) is 1. The molecule has 1 amide bonds. The van der Waals surface area contributed by atoms with Crippen molar-refractivity contribution in [1.29, 1.82) is 5.26 Å². The van der Waals surface area contributed by atoms with Crippen molar-refractivity contribution in [2.75, 3.05) is 17.8 Å². The van der Waals surface area contributed by atoms with Gasteiger partial charge in [0.15, 0.2) is 0 Å². The van der Waals surface area contributed by atoms with E-state index >= 15 is 0 Å². The number of nitriles is 1. The van der Waals surface area contributed by atoms with Crippen LogP contribution in [0.4, 0.5) is 14.9 Å². The van der Waals surface area contributed by atoms with Crippen LogP contribution in [0.25, 0.3) is 10.9 Å². The number of aromatic nitrogens is 3. The van der Waals surface area contributed by atoms with Crippen molar-refractivity contribution in [1.82, 2.24) is 19.7 Å². The molecule has 12 heteroatoms. The van der Waals surface area contributed by atoms with Crippen LogP contribution in [-0.2, 0) is 14.8 Å². The van der Waals surface area contributed by atoms with Crippen molar-refractivity contribution in [3.8, 4) is 6.07 Å². The lowest BCUT2D eigenvalue weighted by Crippen LogP contribution is -2.35. The molecule has 180 valence electrons. The first-order chi connectivity index (χ1) is 15.9. The van der Waals surface area contributed by atoms with Gasteiger partial charge in [0.2, 0.25) is 0 Å². The molecule has 2 aromatic heterocycles. The van der Waals surface area contributed by atoms with Gasteiger partial charge >= 0.3 is 6.09 Å². The maximum Gasteiger partial charge on any atom is 0.410 e. The monoisotopic (exact) mass is 488 g/mol. The highest BCUT2D eigenvalue weighted by molar-refractivity contribution is 7.92. The lowest BCUT2D eigenvalue weighted by molar-refractivity contribution is 0.0281. The summed E-state index contributed by atoms with van der Waals surface area (Å²) in [6.07, 6.45) is 1.82. The quantitative estimate of drug-likeness (QED) is 0.578. The number of hydrogen-bond donors (Lipinski definition) is 2. The van der Waals surface area contributed by atoms with Gasteiger partial charge in [-0.15, -0.1) is 0 Å². The van der Waals surface area contributed by atoms with Crippen LogP contribution in [0.15, 0.2) is 35.6 Å². The van der Waals surface area contributed by atoms with Crippen molar-refractivity contribution in [2.24, 2.45) is 0 Å². The third-order valence-corrected chi connectivity index (χ3v) is 6.83. The summed E-state index contributed by atoms with van der Waals surface area (Å²) in [5, 5.41) is 14.0. The zero-order valence-electron chi connectivity index (χ0n) is 19.2. The van der Waals surface area contributed by atoms with E-state index in [2.05, 4.69) is 20.9 Å². The summed E-state index contributed by atoms with van der Waals surface area (Å²) in [4.78, 5) is 16.3. The van der Waals surface area contributed by atoms with Gasteiger partial charge in [0.25, 0.3) is 10.0 Å². The number of aryl methyl sites for hydroxylation is 1. The Morgan fingerprint density at radius 3 is 2.76 bits per heavy atom. The molecule has 4 rings (SSSR count). The van der Waals surface area contributed by atoms with E-state index in [1.54, 1.807) is 32.9 Å². The fourth-order valence-electron chi connectivity index (χ4n) is 3.91. The molecule has 0 saturated carbocycles.